The Morgan fingerprint density at radius 2 is 1.56 bits per heavy atom. The SMILES string of the molecule is Cc1ccc(S(=O)(=O)N(CC(O)CN2CCNCC2)c2ccc(F)cc2)cc1.O=C(O)C(=O)O. The zero-order valence-corrected chi connectivity index (χ0v) is 19.4. The number of nitrogens with one attached hydrogen (secondary N) is 1. The molecule has 1 aliphatic heterocycles. The maximum absolute atomic E-state index is 13.4. The van der Waals surface area contributed by atoms with Gasteiger partial charge >= 0.3 is 11.9 Å². The molecule has 34 heavy (non-hydrogen) atoms. The topological polar surface area (TPSA) is 147 Å². The van der Waals surface area contributed by atoms with Gasteiger partial charge in [0.25, 0.3) is 10.0 Å². The number of aliphatic hydroxyl groups is 1. The minimum absolute atomic E-state index is 0.105. The van der Waals surface area contributed by atoms with E-state index in [0.29, 0.717) is 12.2 Å². The van der Waals surface area contributed by atoms with Gasteiger partial charge in [-0.25, -0.2) is 22.4 Å². The Morgan fingerprint density at radius 3 is 2.06 bits per heavy atom. The van der Waals surface area contributed by atoms with Crippen molar-refractivity contribution < 1.29 is 37.7 Å². The summed E-state index contributed by atoms with van der Waals surface area (Å²) in [6, 6.07) is 11.8. The molecule has 0 bridgehead atoms. The molecule has 1 fully saturated rings. The largest absolute Gasteiger partial charge is 0.473 e. The fraction of sp³-hybridized carbons (Fsp3) is 0.364. The van der Waals surface area contributed by atoms with Gasteiger partial charge in [-0.15, -0.1) is 0 Å². The molecule has 0 aliphatic carbocycles. The smallest absolute Gasteiger partial charge is 0.414 e. The molecule has 1 atom stereocenters. The molecule has 0 saturated carbocycles. The Hall–Kier alpha value is -3.06. The second-order valence-electron chi connectivity index (χ2n) is 7.64. The molecule has 0 amide bonds. The summed E-state index contributed by atoms with van der Waals surface area (Å²) in [5.74, 6) is -4.09. The third-order valence-electron chi connectivity index (χ3n) is 4.96. The minimum atomic E-state index is -3.90. The van der Waals surface area contributed by atoms with Crippen molar-refractivity contribution in [1.29, 1.82) is 0 Å². The van der Waals surface area contributed by atoms with Gasteiger partial charge in [0.2, 0.25) is 0 Å². The van der Waals surface area contributed by atoms with E-state index < -0.39 is 33.9 Å². The lowest BCUT2D eigenvalue weighted by Gasteiger charge is -2.32. The molecule has 0 radical (unpaired) electrons. The molecular weight excluding hydrogens is 469 g/mol. The second kappa shape index (κ2) is 12.4. The third-order valence-corrected chi connectivity index (χ3v) is 6.77. The van der Waals surface area contributed by atoms with E-state index in [9.17, 15) is 17.9 Å². The number of hydrogen-bond acceptors (Lipinski definition) is 7. The maximum atomic E-state index is 13.4. The fourth-order valence-corrected chi connectivity index (χ4v) is 4.73. The number of benzene rings is 2. The standard InChI is InChI=1S/C20H26FN3O3S.C2H2O4/c1-16-2-8-20(9-3-16)28(26,27)24(18-6-4-17(21)5-7-18)15-19(25)14-23-12-10-22-11-13-23;3-1(4)2(5)6/h2-9,19,22,25H,10-15H2,1H3;(H,3,4)(H,5,6). The Balaban J connectivity index is 0.000000604. The molecule has 1 aliphatic rings. The number of aliphatic hydroxyl groups excluding tert-OH is 1. The quantitative estimate of drug-likeness (QED) is 0.407. The highest BCUT2D eigenvalue weighted by atomic mass is 32.2. The summed E-state index contributed by atoms with van der Waals surface area (Å²) in [6.45, 7) is 5.45. The van der Waals surface area contributed by atoms with Crippen molar-refractivity contribution in [2.75, 3.05) is 43.6 Å². The number of anilines is 1. The van der Waals surface area contributed by atoms with Crippen molar-refractivity contribution in [2.24, 2.45) is 0 Å². The molecule has 1 unspecified atom stereocenters. The zero-order valence-electron chi connectivity index (χ0n) is 18.6. The minimum Gasteiger partial charge on any atom is -0.473 e. The third kappa shape index (κ3) is 8.06. The normalized spacial score (nSPS) is 15.0. The molecule has 12 heteroatoms. The molecule has 2 aromatic carbocycles. The monoisotopic (exact) mass is 497 g/mol. The van der Waals surface area contributed by atoms with Crippen molar-refractivity contribution in [3.8, 4) is 0 Å². The van der Waals surface area contributed by atoms with Crippen molar-refractivity contribution >= 4 is 27.6 Å². The summed E-state index contributed by atoms with van der Waals surface area (Å²) < 4.78 is 41.0. The number of nitrogens with zero attached hydrogens (tertiary/aromatic N) is 2. The van der Waals surface area contributed by atoms with Gasteiger partial charge in [-0.3, -0.25) is 9.21 Å². The van der Waals surface area contributed by atoms with Crippen LogP contribution < -0.4 is 9.62 Å². The molecule has 10 nitrogen and oxygen atoms in total. The van der Waals surface area contributed by atoms with Crippen molar-refractivity contribution in [3.63, 3.8) is 0 Å². The first-order valence-corrected chi connectivity index (χ1v) is 11.9. The molecule has 1 heterocycles. The van der Waals surface area contributed by atoms with Gasteiger partial charge in [0, 0.05) is 32.7 Å². The number of halogens is 1. The number of piperazine rings is 1. The molecule has 3 rings (SSSR count). The number of aliphatic carboxylic acids is 2. The van der Waals surface area contributed by atoms with Crippen LogP contribution in [0.4, 0.5) is 10.1 Å². The fourth-order valence-electron chi connectivity index (χ4n) is 3.23. The average Bonchev–Trinajstić information content (AvgIpc) is 2.79. The van der Waals surface area contributed by atoms with E-state index in [2.05, 4.69) is 10.2 Å². The molecule has 1 saturated heterocycles. The van der Waals surface area contributed by atoms with Crippen LogP contribution in [0.2, 0.25) is 0 Å². The number of aryl methyl sites for hydroxylation is 1. The van der Waals surface area contributed by atoms with Crippen molar-refractivity contribution in [3.05, 3.63) is 59.9 Å². The van der Waals surface area contributed by atoms with Gasteiger partial charge in [-0.1, -0.05) is 17.7 Å². The van der Waals surface area contributed by atoms with E-state index in [4.69, 9.17) is 19.8 Å². The average molecular weight is 498 g/mol. The van der Waals surface area contributed by atoms with Gasteiger partial charge in [-0.2, -0.15) is 0 Å². The van der Waals surface area contributed by atoms with Gasteiger partial charge in [0.05, 0.1) is 23.2 Å². The molecule has 2 aromatic rings. The van der Waals surface area contributed by atoms with E-state index in [0.717, 1.165) is 36.0 Å². The summed E-state index contributed by atoms with van der Waals surface area (Å²) in [7, 11) is -3.90. The highest BCUT2D eigenvalue weighted by Gasteiger charge is 2.28. The van der Waals surface area contributed by atoms with E-state index >= 15 is 0 Å². The molecule has 0 aromatic heterocycles. The number of carbonyl (C=O) groups is 2. The maximum Gasteiger partial charge on any atom is 0.414 e. The molecule has 4 N–H and O–H groups in total. The predicted molar refractivity (Wildman–Crippen MR) is 123 cm³/mol. The number of hydrogen-bond donors (Lipinski definition) is 4. The summed E-state index contributed by atoms with van der Waals surface area (Å²) in [5.41, 5.74) is 1.27. The van der Waals surface area contributed by atoms with Gasteiger partial charge < -0.3 is 20.6 Å². The van der Waals surface area contributed by atoms with Crippen LogP contribution in [0.25, 0.3) is 0 Å². The number of β-amino-alcohol motifs (C(OH)–C–C–N with tert-alkyl or cyclic N) is 1. The van der Waals surface area contributed by atoms with Crippen molar-refractivity contribution in [1.82, 2.24) is 10.2 Å². The number of carboxylic acids is 2. The van der Waals surface area contributed by atoms with Crippen molar-refractivity contribution in [2.45, 2.75) is 17.9 Å². The van der Waals surface area contributed by atoms with Gasteiger partial charge in [-0.05, 0) is 43.3 Å². The van der Waals surface area contributed by atoms with E-state index in [1.54, 1.807) is 24.3 Å². The Bertz CT molecular complexity index is 1040. The van der Waals surface area contributed by atoms with Crippen LogP contribution in [0, 0.1) is 12.7 Å². The van der Waals surface area contributed by atoms with E-state index in [1.807, 2.05) is 6.92 Å². The summed E-state index contributed by atoms with van der Waals surface area (Å²) in [6.07, 6.45) is -0.872. The number of sulfonamides is 1. The van der Waals surface area contributed by atoms with E-state index in [1.165, 1.54) is 24.3 Å². The van der Waals surface area contributed by atoms with Crippen LogP contribution in [0.1, 0.15) is 5.56 Å². The lowest BCUT2D eigenvalue weighted by Crippen LogP contribution is -2.49. The van der Waals surface area contributed by atoms with Gasteiger partial charge in [0.15, 0.2) is 0 Å². The second-order valence-corrected chi connectivity index (χ2v) is 9.50. The van der Waals surface area contributed by atoms with Crippen LogP contribution in [0.5, 0.6) is 0 Å². The Morgan fingerprint density at radius 1 is 1.03 bits per heavy atom. The van der Waals surface area contributed by atoms with Crippen LogP contribution >= 0.6 is 0 Å². The zero-order chi connectivity index (χ0) is 25.3. The lowest BCUT2D eigenvalue weighted by atomic mass is 10.2. The number of carboxylic acid groups (broad SMARTS) is 2. The van der Waals surface area contributed by atoms with Gasteiger partial charge in [0.1, 0.15) is 5.82 Å². The first-order valence-electron chi connectivity index (χ1n) is 10.4. The molecular formula is C22H28FN3O7S. The van der Waals surface area contributed by atoms with Crippen LogP contribution in [-0.4, -0.2) is 85.9 Å². The predicted octanol–water partition coefficient (Wildman–Crippen LogP) is 0.751. The Kier molecular flexibility index (Phi) is 9.93. The Labute approximate surface area is 197 Å². The van der Waals surface area contributed by atoms with Crippen LogP contribution in [0.15, 0.2) is 53.4 Å². The first kappa shape index (κ1) is 27.2. The van der Waals surface area contributed by atoms with Crippen LogP contribution in [-0.2, 0) is 19.6 Å². The highest BCUT2D eigenvalue weighted by molar-refractivity contribution is 7.92. The first-order chi connectivity index (χ1) is 16.0. The molecule has 186 valence electrons. The highest BCUT2D eigenvalue weighted by Crippen LogP contribution is 2.25. The van der Waals surface area contributed by atoms with E-state index in [-0.39, 0.29) is 11.4 Å². The summed E-state index contributed by atoms with van der Waals surface area (Å²) in [5, 5.41) is 28.6. The summed E-state index contributed by atoms with van der Waals surface area (Å²) >= 11 is 0. The summed E-state index contributed by atoms with van der Waals surface area (Å²) in [4.78, 5) is 20.4. The number of rotatable bonds is 7. The molecule has 0 spiro atoms. The van der Waals surface area contributed by atoms with Crippen LogP contribution in [0.3, 0.4) is 0 Å². The lowest BCUT2D eigenvalue weighted by molar-refractivity contribution is -0.159.